The van der Waals surface area contributed by atoms with Crippen molar-refractivity contribution in [2.75, 3.05) is 6.54 Å². The van der Waals surface area contributed by atoms with E-state index in [1.54, 1.807) is 37.4 Å². The van der Waals surface area contributed by atoms with Crippen LogP contribution in [0.4, 0.5) is 0 Å². The van der Waals surface area contributed by atoms with E-state index in [4.69, 9.17) is 0 Å². The second kappa shape index (κ2) is 11.4. The number of sulfonamides is 1. The van der Waals surface area contributed by atoms with E-state index < -0.39 is 16.1 Å². The van der Waals surface area contributed by atoms with Crippen LogP contribution < -0.4 is 15.4 Å². The number of carbonyl (C=O) groups excluding carboxylic acids is 2. The molecule has 9 heteroatoms. The number of nitrogens with one attached hydrogen (secondary N) is 3. The molecular weight excluding hydrogens is 440 g/mol. The molecule has 0 radical (unpaired) electrons. The molecule has 178 valence electrons. The van der Waals surface area contributed by atoms with Gasteiger partial charge in [0, 0.05) is 18.7 Å². The highest BCUT2D eigenvalue weighted by molar-refractivity contribution is 7.89. The number of aromatic nitrogens is 1. The largest absolute Gasteiger partial charge is 0.349 e. The first kappa shape index (κ1) is 24.9. The summed E-state index contributed by atoms with van der Waals surface area (Å²) >= 11 is 0. The third-order valence-corrected chi connectivity index (χ3v) is 7.47. The quantitative estimate of drug-likeness (QED) is 0.518. The lowest BCUT2D eigenvalue weighted by Crippen LogP contribution is -2.47. The second-order valence-electron chi connectivity index (χ2n) is 8.65. The molecule has 1 fully saturated rings. The molecule has 1 aromatic heterocycles. The molecule has 0 unspecified atom stereocenters. The van der Waals surface area contributed by atoms with Gasteiger partial charge in [-0.15, -0.1) is 0 Å². The Bertz CT molecular complexity index is 1030. The number of hydrogen-bond donors (Lipinski definition) is 3. The van der Waals surface area contributed by atoms with Crippen LogP contribution in [0.15, 0.2) is 53.6 Å². The molecule has 1 heterocycles. The van der Waals surface area contributed by atoms with Gasteiger partial charge in [0.2, 0.25) is 21.8 Å². The summed E-state index contributed by atoms with van der Waals surface area (Å²) in [5, 5.41) is 5.58. The first-order valence-electron chi connectivity index (χ1n) is 11.3. The van der Waals surface area contributed by atoms with Gasteiger partial charge in [-0.25, -0.2) is 13.1 Å². The maximum Gasteiger partial charge on any atom is 0.242 e. The average Bonchev–Trinajstić information content (AvgIpc) is 2.82. The van der Waals surface area contributed by atoms with Crippen molar-refractivity contribution in [3.05, 3.63) is 59.9 Å². The molecule has 1 aliphatic rings. The third-order valence-electron chi connectivity index (χ3n) is 6.03. The van der Waals surface area contributed by atoms with Crippen LogP contribution in [0, 0.1) is 18.8 Å². The van der Waals surface area contributed by atoms with E-state index in [9.17, 15) is 18.0 Å². The van der Waals surface area contributed by atoms with E-state index in [0.29, 0.717) is 25.9 Å². The van der Waals surface area contributed by atoms with Crippen molar-refractivity contribution < 1.29 is 18.0 Å². The van der Waals surface area contributed by atoms with Gasteiger partial charge in [-0.2, -0.15) is 0 Å². The van der Waals surface area contributed by atoms with Crippen molar-refractivity contribution in [2.24, 2.45) is 11.8 Å². The fourth-order valence-electron chi connectivity index (χ4n) is 3.89. The minimum Gasteiger partial charge on any atom is -0.349 e. The van der Waals surface area contributed by atoms with Crippen molar-refractivity contribution in [1.82, 2.24) is 20.3 Å². The number of nitrogens with zero attached hydrogens (tertiary/aromatic N) is 1. The lowest BCUT2D eigenvalue weighted by Gasteiger charge is -2.28. The van der Waals surface area contributed by atoms with Crippen molar-refractivity contribution in [1.29, 1.82) is 0 Å². The van der Waals surface area contributed by atoms with E-state index in [0.717, 1.165) is 24.1 Å². The zero-order valence-electron chi connectivity index (χ0n) is 19.1. The van der Waals surface area contributed by atoms with E-state index in [1.807, 2.05) is 25.1 Å². The number of pyridine rings is 1. The summed E-state index contributed by atoms with van der Waals surface area (Å²) in [4.78, 5) is 29.3. The number of amides is 2. The summed E-state index contributed by atoms with van der Waals surface area (Å²) < 4.78 is 27.6. The number of carbonyl (C=O) groups is 2. The maximum atomic E-state index is 12.6. The van der Waals surface area contributed by atoms with Crippen LogP contribution in [0.3, 0.4) is 0 Å². The predicted octanol–water partition coefficient (Wildman–Crippen LogP) is 2.30. The number of aryl methyl sites for hydroxylation is 1. The average molecular weight is 473 g/mol. The van der Waals surface area contributed by atoms with Crippen LogP contribution in [0.25, 0.3) is 0 Å². The van der Waals surface area contributed by atoms with Crippen LogP contribution in [0.2, 0.25) is 0 Å². The first-order valence-corrected chi connectivity index (χ1v) is 12.8. The Hall–Kier alpha value is -2.78. The molecule has 1 atom stereocenters. The minimum atomic E-state index is -3.54. The molecule has 0 spiro atoms. The number of rotatable bonds is 9. The molecule has 3 rings (SSSR count). The van der Waals surface area contributed by atoms with Crippen molar-refractivity contribution in [3.63, 3.8) is 0 Å². The summed E-state index contributed by atoms with van der Waals surface area (Å²) in [5.74, 6) is -0.364. The van der Waals surface area contributed by atoms with Crippen LogP contribution in [0.1, 0.15) is 43.9 Å². The molecular formula is C24H32N4O4S. The molecule has 0 bridgehead atoms. The Balaban J connectivity index is 1.39. The van der Waals surface area contributed by atoms with Gasteiger partial charge in [0.1, 0.15) is 6.04 Å². The summed E-state index contributed by atoms with van der Waals surface area (Å²) in [6, 6.07) is 11.6. The Labute approximate surface area is 195 Å². The van der Waals surface area contributed by atoms with Crippen molar-refractivity contribution in [2.45, 2.75) is 57.0 Å². The minimum absolute atomic E-state index is 0.130. The van der Waals surface area contributed by atoms with E-state index in [1.165, 1.54) is 0 Å². The summed E-state index contributed by atoms with van der Waals surface area (Å²) in [5.41, 5.74) is 1.76. The molecule has 0 saturated heterocycles. The highest BCUT2D eigenvalue weighted by atomic mass is 32.2. The molecule has 1 saturated carbocycles. The van der Waals surface area contributed by atoms with Crippen molar-refractivity contribution in [3.8, 4) is 0 Å². The highest BCUT2D eigenvalue weighted by Crippen LogP contribution is 2.29. The lowest BCUT2D eigenvalue weighted by atomic mass is 9.81. The molecule has 2 aromatic rings. The Morgan fingerprint density at radius 3 is 2.39 bits per heavy atom. The monoisotopic (exact) mass is 472 g/mol. The summed E-state index contributed by atoms with van der Waals surface area (Å²) in [6.45, 7) is 4.24. The highest BCUT2D eigenvalue weighted by Gasteiger charge is 2.29. The van der Waals surface area contributed by atoms with Gasteiger partial charge in [-0.3, -0.25) is 14.6 Å². The first-order chi connectivity index (χ1) is 15.7. The normalized spacial score (nSPS) is 19.5. The smallest absolute Gasteiger partial charge is 0.242 e. The standard InChI is InChI=1S/C24H32N4O4S/c1-17-6-12-22(13-7-17)33(31,32)27-15-19-8-10-20(11-9-19)24(30)28-18(2)23(29)26-16-21-5-3-4-14-25-21/h3-7,12-14,18-20,27H,8-11,15-16H2,1-2H3,(H,26,29)(H,28,30)/t18-,19?,20?/m1/s1. The summed E-state index contributed by atoms with van der Waals surface area (Å²) in [7, 11) is -3.54. The van der Waals surface area contributed by atoms with Crippen LogP contribution in [-0.4, -0.2) is 37.8 Å². The molecule has 0 aliphatic heterocycles. The van der Waals surface area contributed by atoms with Gasteiger partial charge in [0.25, 0.3) is 0 Å². The molecule has 2 amide bonds. The molecule has 8 nitrogen and oxygen atoms in total. The van der Waals surface area contributed by atoms with Crippen LogP contribution in [-0.2, 0) is 26.2 Å². The SMILES string of the molecule is Cc1ccc(S(=O)(=O)NCC2CCC(C(=O)N[C@H](C)C(=O)NCc3ccccn3)CC2)cc1. The Kier molecular flexibility index (Phi) is 8.57. The van der Waals surface area contributed by atoms with E-state index in [2.05, 4.69) is 20.3 Å². The topological polar surface area (TPSA) is 117 Å². The summed E-state index contributed by atoms with van der Waals surface area (Å²) in [6.07, 6.45) is 4.52. The number of benzene rings is 1. The molecule has 1 aromatic carbocycles. The van der Waals surface area contributed by atoms with Gasteiger partial charge in [0.15, 0.2) is 0 Å². The van der Waals surface area contributed by atoms with E-state index >= 15 is 0 Å². The van der Waals surface area contributed by atoms with Gasteiger partial charge in [-0.1, -0.05) is 23.8 Å². The van der Waals surface area contributed by atoms with Crippen LogP contribution >= 0.6 is 0 Å². The fourth-order valence-corrected chi connectivity index (χ4v) is 5.00. The molecule has 3 N–H and O–H groups in total. The van der Waals surface area contributed by atoms with Gasteiger partial charge in [-0.05, 0) is 69.7 Å². The third kappa shape index (κ3) is 7.36. The Morgan fingerprint density at radius 1 is 1.06 bits per heavy atom. The zero-order chi connectivity index (χ0) is 23.8. The zero-order valence-corrected chi connectivity index (χ0v) is 19.9. The van der Waals surface area contributed by atoms with Crippen molar-refractivity contribution >= 4 is 21.8 Å². The van der Waals surface area contributed by atoms with Gasteiger partial charge >= 0.3 is 0 Å². The lowest BCUT2D eigenvalue weighted by molar-refractivity contribution is -0.131. The number of hydrogen-bond acceptors (Lipinski definition) is 5. The van der Waals surface area contributed by atoms with Crippen LogP contribution in [0.5, 0.6) is 0 Å². The predicted molar refractivity (Wildman–Crippen MR) is 126 cm³/mol. The maximum absolute atomic E-state index is 12.6. The fraction of sp³-hybridized carbons (Fsp3) is 0.458. The van der Waals surface area contributed by atoms with Gasteiger partial charge < -0.3 is 10.6 Å². The molecule has 33 heavy (non-hydrogen) atoms. The Morgan fingerprint density at radius 2 is 1.76 bits per heavy atom. The second-order valence-corrected chi connectivity index (χ2v) is 10.4. The van der Waals surface area contributed by atoms with Gasteiger partial charge in [0.05, 0.1) is 17.1 Å². The van der Waals surface area contributed by atoms with E-state index in [-0.39, 0.29) is 28.5 Å². The molecule has 1 aliphatic carbocycles.